The molecule has 8 heteroatoms. The van der Waals surface area contributed by atoms with E-state index in [0.29, 0.717) is 31.9 Å². The maximum atomic E-state index is 13.3. The maximum Gasteiger partial charge on any atom is 0.321 e. The summed E-state index contributed by atoms with van der Waals surface area (Å²) in [5.74, 6) is -1.48. The maximum absolute atomic E-state index is 13.3. The molecule has 2 rings (SSSR count). The summed E-state index contributed by atoms with van der Waals surface area (Å²) in [7, 11) is 0. The van der Waals surface area contributed by atoms with Gasteiger partial charge in [-0.3, -0.25) is 9.69 Å². The zero-order chi connectivity index (χ0) is 15.4. The summed E-state index contributed by atoms with van der Waals surface area (Å²) in [6.07, 6.45) is 0. The van der Waals surface area contributed by atoms with Crippen LogP contribution in [0.5, 0.6) is 0 Å². The minimum Gasteiger partial charge on any atom is -0.480 e. The number of anilines is 1. The summed E-state index contributed by atoms with van der Waals surface area (Å²) in [6.45, 7) is 1.81. The van der Waals surface area contributed by atoms with Crippen molar-refractivity contribution in [3.63, 3.8) is 0 Å². The number of aliphatic carboxylic acids is 1. The number of nitrogens with zero attached hydrogens (tertiary/aromatic N) is 2. The molecule has 114 valence electrons. The number of carbonyl (C=O) groups is 2. The molecular weight excluding hydrogens is 301 g/mol. The second kappa shape index (κ2) is 6.73. The van der Waals surface area contributed by atoms with E-state index in [2.05, 4.69) is 5.32 Å². The van der Waals surface area contributed by atoms with Gasteiger partial charge in [0.05, 0.1) is 11.6 Å². The molecule has 2 amide bonds. The topological polar surface area (TPSA) is 72.9 Å². The predicted molar refractivity (Wildman–Crippen MR) is 76.1 cm³/mol. The van der Waals surface area contributed by atoms with Gasteiger partial charge in [0.15, 0.2) is 0 Å². The number of carboxylic acids is 1. The van der Waals surface area contributed by atoms with Crippen LogP contribution >= 0.6 is 11.6 Å². The normalized spacial score (nSPS) is 15.8. The summed E-state index contributed by atoms with van der Waals surface area (Å²) < 4.78 is 13.3. The molecule has 1 aromatic rings. The van der Waals surface area contributed by atoms with Gasteiger partial charge in [0.1, 0.15) is 5.82 Å². The first-order valence-corrected chi connectivity index (χ1v) is 6.78. The number of urea groups is 1. The van der Waals surface area contributed by atoms with E-state index < -0.39 is 11.8 Å². The average Bonchev–Trinajstić information content (AvgIpc) is 2.43. The van der Waals surface area contributed by atoms with Crippen LogP contribution in [-0.4, -0.2) is 59.6 Å². The molecular formula is C13H15ClFN3O3. The fourth-order valence-electron chi connectivity index (χ4n) is 2.08. The minimum atomic E-state index is -0.885. The third-order valence-electron chi connectivity index (χ3n) is 3.19. The lowest BCUT2D eigenvalue weighted by molar-refractivity contribution is -0.138. The smallest absolute Gasteiger partial charge is 0.321 e. The first-order valence-electron chi connectivity index (χ1n) is 6.41. The summed E-state index contributed by atoms with van der Waals surface area (Å²) in [5.41, 5.74) is 0.329. The summed E-state index contributed by atoms with van der Waals surface area (Å²) in [5, 5.41) is 11.3. The van der Waals surface area contributed by atoms with E-state index in [1.54, 1.807) is 9.80 Å². The van der Waals surface area contributed by atoms with Crippen molar-refractivity contribution in [2.45, 2.75) is 0 Å². The molecule has 0 spiro atoms. The van der Waals surface area contributed by atoms with Crippen molar-refractivity contribution in [3.05, 3.63) is 29.0 Å². The average molecular weight is 316 g/mol. The van der Waals surface area contributed by atoms with Gasteiger partial charge in [0.25, 0.3) is 0 Å². The zero-order valence-corrected chi connectivity index (χ0v) is 11.9. The highest BCUT2D eigenvalue weighted by atomic mass is 35.5. The molecule has 0 aliphatic carbocycles. The zero-order valence-electron chi connectivity index (χ0n) is 11.2. The number of halogens is 2. The van der Waals surface area contributed by atoms with Crippen LogP contribution in [0.2, 0.25) is 5.02 Å². The third-order valence-corrected chi connectivity index (χ3v) is 3.50. The Kier molecular flexibility index (Phi) is 4.98. The molecule has 1 aromatic carbocycles. The molecule has 2 N–H and O–H groups in total. The Labute approximate surface area is 126 Å². The molecule has 1 aliphatic rings. The van der Waals surface area contributed by atoms with Gasteiger partial charge in [-0.15, -0.1) is 0 Å². The fraction of sp³-hybridized carbons (Fsp3) is 0.385. The second-order valence-electron chi connectivity index (χ2n) is 4.72. The van der Waals surface area contributed by atoms with Crippen molar-refractivity contribution >= 4 is 29.3 Å². The summed E-state index contributed by atoms with van der Waals surface area (Å²) in [6, 6.07) is 3.70. The molecule has 6 nitrogen and oxygen atoms in total. The van der Waals surface area contributed by atoms with Crippen molar-refractivity contribution in [1.82, 2.24) is 9.80 Å². The summed E-state index contributed by atoms with van der Waals surface area (Å²) >= 11 is 5.57. The van der Waals surface area contributed by atoms with Crippen LogP contribution in [0.3, 0.4) is 0 Å². The van der Waals surface area contributed by atoms with Gasteiger partial charge in [-0.25, -0.2) is 9.18 Å². The highest BCUT2D eigenvalue weighted by Crippen LogP contribution is 2.19. The Bertz CT molecular complexity index is 547. The quantitative estimate of drug-likeness (QED) is 0.890. The Hall–Kier alpha value is -1.86. The number of rotatable bonds is 3. The monoisotopic (exact) mass is 315 g/mol. The van der Waals surface area contributed by atoms with Gasteiger partial charge in [-0.1, -0.05) is 11.6 Å². The third kappa shape index (κ3) is 4.30. The molecule has 0 unspecified atom stereocenters. The van der Waals surface area contributed by atoms with Crippen LogP contribution < -0.4 is 5.32 Å². The van der Waals surface area contributed by atoms with E-state index in [1.165, 1.54) is 12.1 Å². The molecule has 21 heavy (non-hydrogen) atoms. The molecule has 0 aromatic heterocycles. The van der Waals surface area contributed by atoms with E-state index in [-0.39, 0.29) is 17.6 Å². The molecule has 1 saturated heterocycles. The van der Waals surface area contributed by atoms with E-state index in [4.69, 9.17) is 16.7 Å². The SMILES string of the molecule is O=C(O)CN1CCN(C(=O)Nc2ccc(Cl)c(F)c2)CC1. The lowest BCUT2D eigenvalue weighted by Crippen LogP contribution is -2.51. The molecule has 1 fully saturated rings. The minimum absolute atomic E-state index is 0.00437. The number of benzene rings is 1. The fourth-order valence-corrected chi connectivity index (χ4v) is 2.19. The van der Waals surface area contributed by atoms with Gasteiger partial charge < -0.3 is 15.3 Å². The van der Waals surface area contributed by atoms with Gasteiger partial charge in [-0.2, -0.15) is 0 Å². The van der Waals surface area contributed by atoms with Crippen molar-refractivity contribution in [2.75, 3.05) is 38.0 Å². The number of carbonyl (C=O) groups excluding carboxylic acids is 1. The Morgan fingerprint density at radius 2 is 1.95 bits per heavy atom. The van der Waals surface area contributed by atoms with Crippen LogP contribution in [0.1, 0.15) is 0 Å². The van der Waals surface area contributed by atoms with Crippen LogP contribution in [0, 0.1) is 5.82 Å². The first-order chi connectivity index (χ1) is 9.95. The number of amides is 2. The standard InChI is InChI=1S/C13H15ClFN3O3/c14-10-2-1-9(7-11(10)15)16-13(21)18-5-3-17(4-6-18)8-12(19)20/h1-2,7H,3-6,8H2,(H,16,21)(H,19,20). The van der Waals surface area contributed by atoms with Gasteiger partial charge in [0, 0.05) is 31.9 Å². The van der Waals surface area contributed by atoms with Crippen LogP contribution in [0.25, 0.3) is 0 Å². The predicted octanol–water partition coefficient (Wildman–Crippen LogP) is 1.71. The molecule has 0 bridgehead atoms. The first kappa shape index (κ1) is 15.5. The van der Waals surface area contributed by atoms with Crippen molar-refractivity contribution in [3.8, 4) is 0 Å². The van der Waals surface area contributed by atoms with Crippen LogP contribution in [-0.2, 0) is 4.79 Å². The molecule has 0 radical (unpaired) electrons. The van der Waals surface area contributed by atoms with Gasteiger partial charge in [-0.05, 0) is 18.2 Å². The van der Waals surface area contributed by atoms with Crippen molar-refractivity contribution in [1.29, 1.82) is 0 Å². The van der Waals surface area contributed by atoms with Gasteiger partial charge in [0.2, 0.25) is 0 Å². The number of piperazine rings is 1. The lowest BCUT2D eigenvalue weighted by atomic mass is 10.3. The highest BCUT2D eigenvalue weighted by molar-refractivity contribution is 6.30. The largest absolute Gasteiger partial charge is 0.480 e. The number of carboxylic acid groups (broad SMARTS) is 1. The second-order valence-corrected chi connectivity index (χ2v) is 5.12. The molecule has 0 saturated carbocycles. The van der Waals surface area contributed by atoms with Crippen molar-refractivity contribution in [2.24, 2.45) is 0 Å². The van der Waals surface area contributed by atoms with E-state index in [1.807, 2.05) is 0 Å². The van der Waals surface area contributed by atoms with E-state index >= 15 is 0 Å². The van der Waals surface area contributed by atoms with Crippen LogP contribution in [0.15, 0.2) is 18.2 Å². The van der Waals surface area contributed by atoms with E-state index in [9.17, 15) is 14.0 Å². The van der Waals surface area contributed by atoms with Crippen molar-refractivity contribution < 1.29 is 19.1 Å². The Morgan fingerprint density at radius 3 is 2.52 bits per heavy atom. The number of nitrogens with one attached hydrogen (secondary N) is 1. The van der Waals surface area contributed by atoms with E-state index in [0.717, 1.165) is 6.07 Å². The number of hydrogen-bond donors (Lipinski definition) is 2. The molecule has 1 aliphatic heterocycles. The number of hydrogen-bond acceptors (Lipinski definition) is 3. The van der Waals surface area contributed by atoms with Gasteiger partial charge >= 0.3 is 12.0 Å². The Morgan fingerprint density at radius 1 is 1.29 bits per heavy atom. The van der Waals surface area contributed by atoms with Crippen LogP contribution in [0.4, 0.5) is 14.9 Å². The Balaban J connectivity index is 1.87. The lowest BCUT2D eigenvalue weighted by Gasteiger charge is -2.33. The molecule has 1 heterocycles. The highest BCUT2D eigenvalue weighted by Gasteiger charge is 2.22. The molecule has 0 atom stereocenters. The summed E-state index contributed by atoms with van der Waals surface area (Å²) in [4.78, 5) is 25.9.